The Hall–Kier alpha value is -3.99. The first-order valence-corrected chi connectivity index (χ1v) is 10.0. The zero-order valence-corrected chi connectivity index (χ0v) is 16.5. The van der Waals surface area contributed by atoms with E-state index < -0.39 is 14.9 Å². The van der Waals surface area contributed by atoms with E-state index in [1.165, 1.54) is 31.5 Å². The van der Waals surface area contributed by atoms with Crippen molar-refractivity contribution >= 4 is 33.3 Å². The van der Waals surface area contributed by atoms with Gasteiger partial charge in [0.1, 0.15) is 10.6 Å². The number of pyridine rings is 1. The summed E-state index contributed by atoms with van der Waals surface area (Å²) in [5, 5.41) is 15.2. The quantitative estimate of drug-likeness (QED) is 0.320. The number of hydrazone groups is 1. The van der Waals surface area contributed by atoms with Gasteiger partial charge in [0.2, 0.25) is 0 Å². The van der Waals surface area contributed by atoms with Crippen LogP contribution in [0, 0.1) is 10.1 Å². The van der Waals surface area contributed by atoms with Crippen molar-refractivity contribution in [2.45, 2.75) is 4.90 Å². The third-order valence-electron chi connectivity index (χ3n) is 3.90. The molecule has 10 nitrogen and oxygen atoms in total. The van der Waals surface area contributed by atoms with E-state index in [0.717, 1.165) is 6.07 Å². The van der Waals surface area contributed by atoms with Gasteiger partial charge in [-0.1, -0.05) is 18.2 Å². The number of non-ortho nitro benzene ring substituents is 1. The molecular formula is C19H17N5O5S. The number of hydrogen-bond donors (Lipinski definition) is 2. The summed E-state index contributed by atoms with van der Waals surface area (Å²) >= 11 is 0. The minimum Gasteiger partial charge on any atom is -0.495 e. The third-order valence-corrected chi connectivity index (χ3v) is 5.31. The number of methoxy groups -OCH3 is 1. The number of aromatic nitrogens is 1. The maximum atomic E-state index is 13.0. The topological polar surface area (TPSA) is 136 Å². The molecule has 0 saturated carbocycles. The van der Waals surface area contributed by atoms with Gasteiger partial charge in [0.05, 0.1) is 29.6 Å². The number of nitro groups is 1. The Morgan fingerprint density at radius 2 is 1.93 bits per heavy atom. The van der Waals surface area contributed by atoms with E-state index in [0.29, 0.717) is 11.3 Å². The molecule has 3 aromatic rings. The van der Waals surface area contributed by atoms with Crippen molar-refractivity contribution < 1.29 is 18.1 Å². The normalized spacial score (nSPS) is 11.2. The highest BCUT2D eigenvalue weighted by Gasteiger charge is 2.23. The van der Waals surface area contributed by atoms with Crippen molar-refractivity contribution in [3.8, 4) is 5.75 Å². The largest absolute Gasteiger partial charge is 0.495 e. The number of hydrogen-bond acceptors (Lipinski definition) is 8. The number of para-hydroxylation sites is 2. The van der Waals surface area contributed by atoms with Gasteiger partial charge < -0.3 is 4.74 Å². The lowest BCUT2D eigenvalue weighted by Crippen LogP contribution is -2.15. The molecule has 11 heteroatoms. The summed E-state index contributed by atoms with van der Waals surface area (Å²) in [7, 11) is -2.81. The predicted octanol–water partition coefficient (Wildman–Crippen LogP) is 3.25. The second-order valence-corrected chi connectivity index (χ2v) is 7.55. The molecule has 0 unspecified atom stereocenters. The van der Waals surface area contributed by atoms with Crippen LogP contribution in [0.4, 0.5) is 17.1 Å². The predicted molar refractivity (Wildman–Crippen MR) is 112 cm³/mol. The Morgan fingerprint density at radius 1 is 1.13 bits per heavy atom. The van der Waals surface area contributed by atoms with Gasteiger partial charge >= 0.3 is 0 Å². The van der Waals surface area contributed by atoms with Gasteiger partial charge in [-0.2, -0.15) is 5.10 Å². The Morgan fingerprint density at radius 3 is 2.63 bits per heavy atom. The van der Waals surface area contributed by atoms with Crippen LogP contribution in [0.25, 0.3) is 0 Å². The molecular weight excluding hydrogens is 410 g/mol. The fraction of sp³-hybridized carbons (Fsp3) is 0.0526. The molecule has 1 aromatic heterocycles. The Balaban J connectivity index is 1.97. The standard InChI is InChI=1S/C19H17N5O5S/c1-29-18-7-3-2-6-16(18)23-30(27,28)19-11-15(24(25)26)8-9-17(19)22-21-13-14-5-4-10-20-12-14/h2-13,22-23H,1H3. The van der Waals surface area contributed by atoms with Crippen molar-refractivity contribution in [3.63, 3.8) is 0 Å². The highest BCUT2D eigenvalue weighted by molar-refractivity contribution is 7.93. The van der Waals surface area contributed by atoms with Gasteiger partial charge in [-0.05, 0) is 24.3 Å². The molecule has 2 aromatic carbocycles. The van der Waals surface area contributed by atoms with E-state index in [1.807, 2.05) is 0 Å². The van der Waals surface area contributed by atoms with Crippen LogP contribution in [-0.4, -0.2) is 31.6 Å². The van der Waals surface area contributed by atoms with Gasteiger partial charge in [-0.25, -0.2) is 8.42 Å². The van der Waals surface area contributed by atoms with Crippen LogP contribution in [0.5, 0.6) is 5.75 Å². The van der Waals surface area contributed by atoms with Crippen molar-refractivity contribution in [1.29, 1.82) is 0 Å². The molecule has 0 atom stereocenters. The fourth-order valence-electron chi connectivity index (χ4n) is 2.50. The summed E-state index contributed by atoms with van der Waals surface area (Å²) in [4.78, 5) is 14.1. The molecule has 0 aliphatic rings. The Kier molecular flexibility index (Phi) is 6.23. The van der Waals surface area contributed by atoms with Crippen molar-refractivity contribution in [3.05, 3.63) is 82.7 Å². The van der Waals surface area contributed by atoms with Crippen LogP contribution < -0.4 is 14.9 Å². The highest BCUT2D eigenvalue weighted by atomic mass is 32.2. The van der Waals surface area contributed by atoms with E-state index in [4.69, 9.17) is 4.74 Å². The lowest BCUT2D eigenvalue weighted by Gasteiger charge is -2.14. The first-order chi connectivity index (χ1) is 14.4. The number of nitrogens with one attached hydrogen (secondary N) is 2. The second-order valence-electron chi connectivity index (χ2n) is 5.90. The molecule has 0 aliphatic carbocycles. The van der Waals surface area contributed by atoms with E-state index in [-0.39, 0.29) is 22.0 Å². The van der Waals surface area contributed by atoms with Gasteiger partial charge in [-0.3, -0.25) is 25.2 Å². The highest BCUT2D eigenvalue weighted by Crippen LogP contribution is 2.31. The Labute approximate surface area is 172 Å². The van der Waals surface area contributed by atoms with Crippen molar-refractivity contribution in [2.75, 3.05) is 17.3 Å². The van der Waals surface area contributed by atoms with Gasteiger partial charge in [-0.15, -0.1) is 0 Å². The number of ether oxygens (including phenoxy) is 1. The number of rotatable bonds is 8. The first kappa shape index (κ1) is 20.7. The SMILES string of the molecule is COc1ccccc1NS(=O)(=O)c1cc([N+](=O)[O-])ccc1NN=Cc1cccnc1. The molecule has 3 rings (SSSR count). The van der Waals surface area contributed by atoms with Crippen molar-refractivity contribution in [2.24, 2.45) is 5.10 Å². The molecule has 0 aliphatic heterocycles. The Bertz CT molecular complexity index is 1180. The maximum absolute atomic E-state index is 13.0. The van der Waals surface area contributed by atoms with Crippen LogP contribution >= 0.6 is 0 Å². The smallest absolute Gasteiger partial charge is 0.270 e. The average Bonchev–Trinajstić information content (AvgIpc) is 2.74. The average molecular weight is 427 g/mol. The molecule has 0 amide bonds. The van der Waals surface area contributed by atoms with Crippen LogP contribution in [0.15, 0.2) is 77.0 Å². The summed E-state index contributed by atoms with van der Waals surface area (Å²) in [6.45, 7) is 0. The third kappa shape index (κ3) is 4.89. The number of anilines is 2. The minimum atomic E-state index is -4.21. The monoisotopic (exact) mass is 427 g/mol. The molecule has 1 heterocycles. The minimum absolute atomic E-state index is 0.0585. The second kappa shape index (κ2) is 9.01. The maximum Gasteiger partial charge on any atom is 0.270 e. The zero-order chi connectivity index (χ0) is 21.6. The number of sulfonamides is 1. The van der Waals surface area contributed by atoms with Gasteiger partial charge in [0.25, 0.3) is 15.7 Å². The molecule has 154 valence electrons. The molecule has 30 heavy (non-hydrogen) atoms. The van der Waals surface area contributed by atoms with Crippen LogP contribution in [0.1, 0.15) is 5.56 Å². The summed E-state index contributed by atoms with van der Waals surface area (Å²) < 4.78 is 33.6. The van der Waals surface area contributed by atoms with E-state index in [2.05, 4.69) is 20.2 Å². The van der Waals surface area contributed by atoms with Crippen LogP contribution in [0.3, 0.4) is 0 Å². The molecule has 0 fully saturated rings. The van der Waals surface area contributed by atoms with Gasteiger partial charge in [0.15, 0.2) is 0 Å². The van der Waals surface area contributed by atoms with Crippen molar-refractivity contribution in [1.82, 2.24) is 4.98 Å². The van der Waals surface area contributed by atoms with Crippen LogP contribution in [-0.2, 0) is 10.0 Å². The van der Waals surface area contributed by atoms with E-state index in [9.17, 15) is 18.5 Å². The summed E-state index contributed by atoms with van der Waals surface area (Å²) in [5.74, 6) is 0.301. The number of nitro benzene ring substituents is 1. The summed E-state index contributed by atoms with van der Waals surface area (Å²) in [6.07, 6.45) is 4.62. The molecule has 2 N–H and O–H groups in total. The lowest BCUT2D eigenvalue weighted by atomic mass is 10.3. The summed E-state index contributed by atoms with van der Waals surface area (Å²) in [6, 6.07) is 13.3. The first-order valence-electron chi connectivity index (χ1n) is 8.54. The number of benzene rings is 2. The van der Waals surface area contributed by atoms with Crippen LogP contribution in [0.2, 0.25) is 0 Å². The molecule has 0 spiro atoms. The van der Waals surface area contributed by atoms with E-state index >= 15 is 0 Å². The lowest BCUT2D eigenvalue weighted by molar-refractivity contribution is -0.385. The number of nitrogens with zero attached hydrogens (tertiary/aromatic N) is 3. The zero-order valence-electron chi connectivity index (χ0n) is 15.7. The fourth-order valence-corrected chi connectivity index (χ4v) is 3.74. The summed E-state index contributed by atoms with van der Waals surface area (Å²) in [5.41, 5.74) is 3.17. The molecule has 0 bridgehead atoms. The molecule has 0 saturated heterocycles. The van der Waals surface area contributed by atoms with E-state index in [1.54, 1.807) is 42.7 Å². The van der Waals surface area contributed by atoms with Gasteiger partial charge in [0, 0.05) is 30.1 Å². The molecule has 0 radical (unpaired) electrons.